The SMILES string of the molecule is c1ccc(-[n+]2cccc3c4ccccc4ccc32)cc1. The standard InChI is InChI=1S/C19H14N/c1-2-8-16(9-3-1)20-14-6-11-18-17-10-5-4-7-15(17)12-13-19(18)20/h1-14H/q+1. The number of para-hydroxylation sites is 1. The van der Waals surface area contributed by atoms with Crippen LogP contribution in [-0.4, -0.2) is 0 Å². The Hall–Kier alpha value is -2.67. The molecule has 1 nitrogen and oxygen atoms in total. The van der Waals surface area contributed by atoms with Crippen molar-refractivity contribution >= 4 is 21.7 Å². The summed E-state index contributed by atoms with van der Waals surface area (Å²) in [6, 6.07) is 27.7. The predicted octanol–water partition coefficient (Wildman–Crippen LogP) is 4.27. The summed E-state index contributed by atoms with van der Waals surface area (Å²) in [6.45, 7) is 0. The molecule has 0 N–H and O–H groups in total. The van der Waals surface area contributed by atoms with Gasteiger partial charge in [0.1, 0.15) is 0 Å². The Kier molecular flexibility index (Phi) is 2.49. The molecule has 0 saturated carbocycles. The molecular weight excluding hydrogens is 242 g/mol. The fourth-order valence-electron chi connectivity index (χ4n) is 2.79. The average molecular weight is 256 g/mol. The van der Waals surface area contributed by atoms with Crippen LogP contribution in [0.25, 0.3) is 27.4 Å². The molecule has 0 fully saturated rings. The van der Waals surface area contributed by atoms with Crippen molar-refractivity contribution in [3.63, 3.8) is 0 Å². The lowest BCUT2D eigenvalue weighted by molar-refractivity contribution is -0.567. The van der Waals surface area contributed by atoms with Crippen LogP contribution in [0, 0.1) is 0 Å². The predicted molar refractivity (Wildman–Crippen MR) is 83.0 cm³/mol. The van der Waals surface area contributed by atoms with E-state index in [2.05, 4.69) is 83.6 Å². The number of fused-ring (bicyclic) bond motifs is 3. The van der Waals surface area contributed by atoms with Crippen molar-refractivity contribution in [3.05, 3.63) is 85.1 Å². The van der Waals surface area contributed by atoms with Gasteiger partial charge in [0.05, 0.1) is 5.39 Å². The van der Waals surface area contributed by atoms with Crippen LogP contribution in [0.1, 0.15) is 0 Å². The van der Waals surface area contributed by atoms with Gasteiger partial charge in [0.2, 0.25) is 11.2 Å². The Bertz CT molecular complexity index is 895. The van der Waals surface area contributed by atoms with Gasteiger partial charge in [0, 0.05) is 24.3 Å². The second kappa shape index (κ2) is 4.46. The van der Waals surface area contributed by atoms with E-state index in [9.17, 15) is 0 Å². The van der Waals surface area contributed by atoms with Crippen LogP contribution in [0.2, 0.25) is 0 Å². The van der Waals surface area contributed by atoms with Crippen molar-refractivity contribution in [1.82, 2.24) is 0 Å². The summed E-state index contributed by atoms with van der Waals surface area (Å²) in [5, 5.41) is 3.87. The Morgan fingerprint density at radius 1 is 0.550 bits per heavy atom. The van der Waals surface area contributed by atoms with Gasteiger partial charge < -0.3 is 0 Å². The molecule has 0 aliphatic carbocycles. The first-order valence-corrected chi connectivity index (χ1v) is 6.81. The van der Waals surface area contributed by atoms with Gasteiger partial charge in [-0.25, -0.2) is 0 Å². The third-order valence-corrected chi connectivity index (χ3v) is 3.74. The fourth-order valence-corrected chi connectivity index (χ4v) is 2.79. The zero-order valence-electron chi connectivity index (χ0n) is 11.0. The van der Waals surface area contributed by atoms with Crippen LogP contribution in [0.3, 0.4) is 0 Å². The lowest BCUT2D eigenvalue weighted by Crippen LogP contribution is -2.30. The molecule has 1 heteroatoms. The Morgan fingerprint density at radius 3 is 2.20 bits per heavy atom. The summed E-state index contributed by atoms with van der Waals surface area (Å²) < 4.78 is 2.24. The van der Waals surface area contributed by atoms with E-state index in [0.717, 1.165) is 0 Å². The quantitative estimate of drug-likeness (QED) is 0.354. The van der Waals surface area contributed by atoms with Crippen LogP contribution in [-0.2, 0) is 0 Å². The highest BCUT2D eigenvalue weighted by Gasteiger charge is 2.12. The molecule has 20 heavy (non-hydrogen) atoms. The lowest BCUT2D eigenvalue weighted by atomic mass is 10.0. The molecule has 94 valence electrons. The summed E-state index contributed by atoms with van der Waals surface area (Å²) >= 11 is 0. The van der Waals surface area contributed by atoms with Gasteiger partial charge in [-0.05, 0) is 22.9 Å². The molecule has 4 aromatic rings. The van der Waals surface area contributed by atoms with Crippen molar-refractivity contribution in [3.8, 4) is 5.69 Å². The van der Waals surface area contributed by atoms with E-state index in [1.54, 1.807) is 0 Å². The molecule has 0 aliphatic heterocycles. The molecular formula is C19H14N+. The number of hydrogen-bond donors (Lipinski definition) is 0. The summed E-state index contributed by atoms with van der Waals surface area (Å²) in [4.78, 5) is 0. The van der Waals surface area contributed by atoms with Crippen molar-refractivity contribution in [2.45, 2.75) is 0 Å². The Balaban J connectivity index is 2.12. The van der Waals surface area contributed by atoms with E-state index in [-0.39, 0.29) is 0 Å². The minimum Gasteiger partial charge on any atom is -0.160 e. The average Bonchev–Trinajstić information content (AvgIpc) is 2.55. The molecule has 3 aromatic carbocycles. The highest BCUT2D eigenvalue weighted by atomic mass is 15.0. The number of nitrogens with zero attached hydrogens (tertiary/aromatic N) is 1. The van der Waals surface area contributed by atoms with Crippen LogP contribution in [0.5, 0.6) is 0 Å². The number of benzene rings is 3. The number of hydrogen-bond acceptors (Lipinski definition) is 0. The highest BCUT2D eigenvalue weighted by Crippen LogP contribution is 2.23. The van der Waals surface area contributed by atoms with Gasteiger partial charge in [-0.15, -0.1) is 0 Å². The second-order valence-electron chi connectivity index (χ2n) is 4.93. The third-order valence-electron chi connectivity index (χ3n) is 3.74. The molecule has 1 heterocycles. The lowest BCUT2D eigenvalue weighted by Gasteiger charge is -2.04. The molecule has 1 aromatic heterocycles. The molecule has 4 rings (SSSR count). The van der Waals surface area contributed by atoms with Crippen molar-refractivity contribution in [1.29, 1.82) is 0 Å². The minimum atomic E-state index is 1.19. The minimum absolute atomic E-state index is 1.19. The maximum Gasteiger partial charge on any atom is 0.219 e. The topological polar surface area (TPSA) is 3.88 Å². The van der Waals surface area contributed by atoms with Crippen molar-refractivity contribution in [2.75, 3.05) is 0 Å². The van der Waals surface area contributed by atoms with Crippen LogP contribution < -0.4 is 4.57 Å². The van der Waals surface area contributed by atoms with Gasteiger partial charge in [-0.2, -0.15) is 4.57 Å². The van der Waals surface area contributed by atoms with E-state index < -0.39 is 0 Å². The third kappa shape index (κ3) is 1.68. The van der Waals surface area contributed by atoms with Crippen LogP contribution in [0.15, 0.2) is 85.1 Å². The highest BCUT2D eigenvalue weighted by molar-refractivity contribution is 6.05. The summed E-state index contributed by atoms with van der Waals surface area (Å²) in [5.74, 6) is 0. The second-order valence-corrected chi connectivity index (χ2v) is 4.93. The number of aromatic nitrogens is 1. The fraction of sp³-hybridized carbons (Fsp3) is 0. The van der Waals surface area contributed by atoms with E-state index >= 15 is 0 Å². The van der Waals surface area contributed by atoms with Crippen molar-refractivity contribution in [2.24, 2.45) is 0 Å². The number of pyridine rings is 1. The summed E-state index contributed by atoms with van der Waals surface area (Å²) in [6.07, 6.45) is 2.12. The first-order valence-electron chi connectivity index (χ1n) is 6.81. The molecule has 0 aliphatic rings. The van der Waals surface area contributed by atoms with E-state index in [4.69, 9.17) is 0 Å². The van der Waals surface area contributed by atoms with Gasteiger partial charge in [0.25, 0.3) is 0 Å². The summed E-state index contributed by atoms with van der Waals surface area (Å²) in [5.41, 5.74) is 2.42. The zero-order valence-corrected chi connectivity index (χ0v) is 11.0. The van der Waals surface area contributed by atoms with Gasteiger partial charge in [-0.3, -0.25) is 0 Å². The van der Waals surface area contributed by atoms with Gasteiger partial charge in [-0.1, -0.05) is 42.5 Å². The maximum atomic E-state index is 2.24. The number of rotatable bonds is 1. The largest absolute Gasteiger partial charge is 0.219 e. The molecule has 0 unspecified atom stereocenters. The van der Waals surface area contributed by atoms with Crippen LogP contribution in [0.4, 0.5) is 0 Å². The zero-order chi connectivity index (χ0) is 13.4. The maximum absolute atomic E-state index is 2.24. The normalized spacial score (nSPS) is 11.0. The Morgan fingerprint density at radius 2 is 1.30 bits per heavy atom. The van der Waals surface area contributed by atoms with Crippen LogP contribution >= 0.6 is 0 Å². The monoisotopic (exact) mass is 256 g/mol. The van der Waals surface area contributed by atoms with Crippen molar-refractivity contribution < 1.29 is 4.57 Å². The molecule has 0 spiro atoms. The van der Waals surface area contributed by atoms with Gasteiger partial charge in [0.15, 0.2) is 6.20 Å². The van der Waals surface area contributed by atoms with E-state index in [0.29, 0.717) is 0 Å². The summed E-state index contributed by atoms with van der Waals surface area (Å²) in [7, 11) is 0. The van der Waals surface area contributed by atoms with E-state index in [1.165, 1.54) is 27.4 Å². The Labute approximate surface area is 117 Å². The molecule has 0 radical (unpaired) electrons. The van der Waals surface area contributed by atoms with E-state index in [1.807, 2.05) is 6.07 Å². The first-order chi connectivity index (χ1) is 9.93. The van der Waals surface area contributed by atoms with Gasteiger partial charge >= 0.3 is 0 Å². The molecule has 0 saturated heterocycles. The first kappa shape index (κ1) is 11.2. The molecule has 0 bridgehead atoms. The smallest absolute Gasteiger partial charge is 0.160 e. The molecule has 0 amide bonds. The molecule has 0 atom stereocenters.